The van der Waals surface area contributed by atoms with Gasteiger partial charge in [-0.3, -0.25) is 4.99 Å². The number of aliphatic imine (C=N–C) groups is 1. The predicted octanol–water partition coefficient (Wildman–Crippen LogP) is 1.16. The zero-order chi connectivity index (χ0) is 6.69. The molecule has 52 valence electrons. The van der Waals surface area contributed by atoms with E-state index in [0.717, 1.165) is 24.7 Å². The Labute approximate surface area is 56.2 Å². The van der Waals surface area contributed by atoms with Crippen LogP contribution in [-0.2, 0) is 0 Å². The summed E-state index contributed by atoms with van der Waals surface area (Å²) in [4.78, 5) is 4.13. The molecule has 9 heavy (non-hydrogen) atoms. The number of rotatable bonds is 2. The maximum atomic E-state index is 5.51. The van der Waals surface area contributed by atoms with Crippen LogP contribution in [0.25, 0.3) is 0 Å². The van der Waals surface area contributed by atoms with Crippen LogP contribution >= 0.6 is 0 Å². The molecular formula is C7H14N2. The van der Waals surface area contributed by atoms with Crippen LogP contribution in [0.5, 0.6) is 0 Å². The molecule has 1 rings (SSSR count). The molecule has 0 aromatic carbocycles. The van der Waals surface area contributed by atoms with Crippen molar-refractivity contribution < 1.29 is 0 Å². The highest BCUT2D eigenvalue weighted by atomic mass is 14.9. The summed E-state index contributed by atoms with van der Waals surface area (Å²) in [6, 6.07) is 0. The lowest BCUT2D eigenvalue weighted by atomic mass is 10.0. The van der Waals surface area contributed by atoms with Crippen LogP contribution in [0.2, 0.25) is 0 Å². The predicted molar refractivity (Wildman–Crippen MR) is 39.5 cm³/mol. The third kappa shape index (κ3) is 1.70. The van der Waals surface area contributed by atoms with Crippen molar-refractivity contribution in [2.45, 2.75) is 26.2 Å². The van der Waals surface area contributed by atoms with E-state index >= 15 is 0 Å². The molecule has 1 heterocycles. The molecule has 1 aliphatic heterocycles. The fourth-order valence-corrected chi connectivity index (χ4v) is 1.27. The molecular weight excluding hydrogens is 112 g/mol. The number of hydrogen-bond donors (Lipinski definition) is 1. The van der Waals surface area contributed by atoms with Crippen molar-refractivity contribution in [3.8, 4) is 0 Å². The fraction of sp³-hybridized carbons (Fsp3) is 0.857. The van der Waals surface area contributed by atoms with Gasteiger partial charge >= 0.3 is 0 Å². The van der Waals surface area contributed by atoms with Crippen LogP contribution in [0.3, 0.4) is 0 Å². The van der Waals surface area contributed by atoms with E-state index in [1.165, 1.54) is 12.8 Å². The topological polar surface area (TPSA) is 38.4 Å². The monoisotopic (exact) mass is 126 g/mol. The lowest BCUT2D eigenvalue weighted by Crippen LogP contribution is -2.09. The summed E-state index contributed by atoms with van der Waals surface area (Å²) in [5.41, 5.74) is 5.51. The van der Waals surface area contributed by atoms with Gasteiger partial charge in [-0.05, 0) is 12.3 Å². The molecule has 0 saturated carbocycles. The van der Waals surface area contributed by atoms with Crippen molar-refractivity contribution in [3.05, 3.63) is 0 Å². The fourth-order valence-electron chi connectivity index (χ4n) is 1.27. The molecule has 0 radical (unpaired) electrons. The first kappa shape index (κ1) is 6.59. The van der Waals surface area contributed by atoms with Gasteiger partial charge in [0.25, 0.3) is 0 Å². The van der Waals surface area contributed by atoms with E-state index in [0.29, 0.717) is 0 Å². The first-order valence-electron chi connectivity index (χ1n) is 3.61. The highest BCUT2D eigenvalue weighted by molar-refractivity contribution is 5.82. The van der Waals surface area contributed by atoms with E-state index in [4.69, 9.17) is 5.73 Å². The second-order valence-electron chi connectivity index (χ2n) is 2.69. The SMILES string of the molecule is CCC[C@H]1CN=C(N)C1. The van der Waals surface area contributed by atoms with Gasteiger partial charge in [-0.2, -0.15) is 0 Å². The van der Waals surface area contributed by atoms with Crippen LogP contribution in [0.1, 0.15) is 26.2 Å². The first-order valence-corrected chi connectivity index (χ1v) is 3.61. The van der Waals surface area contributed by atoms with E-state index in [1.807, 2.05) is 0 Å². The van der Waals surface area contributed by atoms with Crippen molar-refractivity contribution in [3.63, 3.8) is 0 Å². The van der Waals surface area contributed by atoms with E-state index in [9.17, 15) is 0 Å². The summed E-state index contributed by atoms with van der Waals surface area (Å²) in [5.74, 6) is 1.61. The van der Waals surface area contributed by atoms with Gasteiger partial charge in [0.15, 0.2) is 0 Å². The average molecular weight is 126 g/mol. The molecule has 1 aliphatic rings. The Bertz CT molecular complexity index is 118. The van der Waals surface area contributed by atoms with Crippen LogP contribution < -0.4 is 5.73 Å². The van der Waals surface area contributed by atoms with Gasteiger partial charge in [-0.25, -0.2) is 0 Å². The van der Waals surface area contributed by atoms with Gasteiger partial charge in [-0.15, -0.1) is 0 Å². The van der Waals surface area contributed by atoms with Crippen molar-refractivity contribution in [1.82, 2.24) is 0 Å². The smallest absolute Gasteiger partial charge is 0.0940 e. The molecule has 0 spiro atoms. The van der Waals surface area contributed by atoms with E-state index in [-0.39, 0.29) is 0 Å². The Morgan fingerprint density at radius 2 is 2.56 bits per heavy atom. The van der Waals surface area contributed by atoms with Crippen LogP contribution in [0.4, 0.5) is 0 Å². The zero-order valence-corrected chi connectivity index (χ0v) is 5.93. The van der Waals surface area contributed by atoms with Crippen molar-refractivity contribution in [2.75, 3.05) is 6.54 Å². The third-order valence-corrected chi connectivity index (χ3v) is 1.75. The molecule has 0 unspecified atom stereocenters. The number of hydrogen-bond acceptors (Lipinski definition) is 2. The summed E-state index contributed by atoms with van der Waals surface area (Å²) in [7, 11) is 0. The summed E-state index contributed by atoms with van der Waals surface area (Å²) in [6.07, 6.45) is 3.57. The van der Waals surface area contributed by atoms with Crippen molar-refractivity contribution in [2.24, 2.45) is 16.6 Å². The minimum absolute atomic E-state index is 0.759. The van der Waals surface area contributed by atoms with E-state index in [2.05, 4.69) is 11.9 Å². The zero-order valence-electron chi connectivity index (χ0n) is 5.93. The Morgan fingerprint density at radius 1 is 1.78 bits per heavy atom. The van der Waals surface area contributed by atoms with Gasteiger partial charge in [0.2, 0.25) is 0 Å². The second kappa shape index (κ2) is 2.85. The molecule has 0 aliphatic carbocycles. The van der Waals surface area contributed by atoms with Gasteiger partial charge in [0.05, 0.1) is 5.84 Å². The van der Waals surface area contributed by atoms with Gasteiger partial charge in [0.1, 0.15) is 0 Å². The molecule has 0 saturated heterocycles. The largest absolute Gasteiger partial charge is 0.387 e. The standard InChI is InChI=1S/C7H14N2/c1-2-3-6-4-7(8)9-5-6/h6H,2-5H2,1H3,(H2,8,9)/t6-/m1/s1. The Morgan fingerprint density at radius 3 is 3.00 bits per heavy atom. The highest BCUT2D eigenvalue weighted by Gasteiger charge is 2.14. The maximum absolute atomic E-state index is 5.51. The van der Waals surface area contributed by atoms with Crippen LogP contribution in [-0.4, -0.2) is 12.4 Å². The quantitative estimate of drug-likeness (QED) is 0.592. The van der Waals surface area contributed by atoms with Gasteiger partial charge in [0, 0.05) is 13.0 Å². The lowest BCUT2D eigenvalue weighted by Gasteiger charge is -2.02. The molecule has 1 atom stereocenters. The van der Waals surface area contributed by atoms with E-state index in [1.54, 1.807) is 0 Å². The molecule has 0 fully saturated rings. The Hall–Kier alpha value is -0.530. The van der Waals surface area contributed by atoms with Gasteiger partial charge in [-0.1, -0.05) is 13.3 Å². The minimum atomic E-state index is 0.759. The molecule has 2 nitrogen and oxygen atoms in total. The first-order chi connectivity index (χ1) is 4.33. The average Bonchev–Trinajstić information content (AvgIpc) is 2.17. The summed E-state index contributed by atoms with van der Waals surface area (Å²) in [6.45, 7) is 3.17. The minimum Gasteiger partial charge on any atom is -0.387 e. The second-order valence-corrected chi connectivity index (χ2v) is 2.69. The highest BCUT2D eigenvalue weighted by Crippen LogP contribution is 2.16. The number of nitrogens with zero attached hydrogens (tertiary/aromatic N) is 1. The third-order valence-electron chi connectivity index (χ3n) is 1.75. The molecule has 0 amide bonds. The van der Waals surface area contributed by atoms with Gasteiger partial charge < -0.3 is 5.73 Å². The Balaban J connectivity index is 2.21. The molecule has 2 N–H and O–H groups in total. The summed E-state index contributed by atoms with van der Waals surface area (Å²) < 4.78 is 0. The molecule has 2 heteroatoms. The normalized spacial score (nSPS) is 26.3. The summed E-state index contributed by atoms with van der Waals surface area (Å²) in [5, 5.41) is 0. The van der Waals surface area contributed by atoms with Crippen molar-refractivity contribution >= 4 is 5.84 Å². The van der Waals surface area contributed by atoms with Crippen LogP contribution in [0, 0.1) is 5.92 Å². The van der Waals surface area contributed by atoms with E-state index < -0.39 is 0 Å². The molecule has 0 bridgehead atoms. The lowest BCUT2D eigenvalue weighted by molar-refractivity contribution is 0.533. The molecule has 0 aromatic rings. The summed E-state index contributed by atoms with van der Waals surface area (Å²) >= 11 is 0. The van der Waals surface area contributed by atoms with Crippen LogP contribution in [0.15, 0.2) is 4.99 Å². The Kier molecular flexibility index (Phi) is 2.09. The number of amidine groups is 1. The number of nitrogens with two attached hydrogens (primary N) is 1. The maximum Gasteiger partial charge on any atom is 0.0940 e. The van der Waals surface area contributed by atoms with Crippen molar-refractivity contribution in [1.29, 1.82) is 0 Å². The molecule has 0 aromatic heterocycles.